The highest BCUT2D eigenvalue weighted by Crippen LogP contribution is 2.34. The van der Waals surface area contributed by atoms with E-state index in [0.29, 0.717) is 12.8 Å². The van der Waals surface area contributed by atoms with Gasteiger partial charge in [0.05, 0.1) is 38.6 Å². The van der Waals surface area contributed by atoms with Crippen molar-refractivity contribution in [2.24, 2.45) is 0 Å². The molecule has 1 amide bonds. The van der Waals surface area contributed by atoms with E-state index in [1.54, 1.807) is 6.08 Å². The summed E-state index contributed by atoms with van der Waals surface area (Å²) in [5, 5.41) is 121. The molecular weight excluding hydrogens is 1350 g/mol. The number of hydrogen-bond donors (Lipinski definition) is 12. The number of hydrogen-bond acceptors (Lipinski definition) is 18. The molecule has 3 saturated heterocycles. The van der Waals surface area contributed by atoms with Gasteiger partial charge in [-0.25, -0.2) is 0 Å². The van der Waals surface area contributed by atoms with E-state index in [-0.39, 0.29) is 18.9 Å². The lowest BCUT2D eigenvalue weighted by Gasteiger charge is -2.48. The number of nitrogens with one attached hydrogen (secondary N) is 1. The highest BCUT2D eigenvalue weighted by atomic mass is 16.8. The van der Waals surface area contributed by atoms with Gasteiger partial charge < -0.3 is 89.9 Å². The van der Waals surface area contributed by atoms with Crippen molar-refractivity contribution in [3.05, 3.63) is 36.5 Å². The van der Waals surface area contributed by atoms with Gasteiger partial charge in [-0.1, -0.05) is 365 Å². The fraction of sp³-hybridized carbons (Fsp3) is 0.920. The normalized spacial score (nSPS) is 25.8. The maximum Gasteiger partial charge on any atom is 0.220 e. The maximum atomic E-state index is 13.5. The van der Waals surface area contributed by atoms with Gasteiger partial charge in [0.2, 0.25) is 5.91 Å². The number of ether oxygens (including phenoxy) is 6. The molecule has 3 heterocycles. The van der Waals surface area contributed by atoms with Crippen LogP contribution in [-0.4, -0.2) is 193 Å². The van der Waals surface area contributed by atoms with Crippen molar-refractivity contribution in [2.45, 2.75) is 484 Å². The molecule has 3 aliphatic heterocycles. The van der Waals surface area contributed by atoms with Crippen LogP contribution in [0.4, 0.5) is 0 Å². The molecule has 0 aromatic heterocycles. The van der Waals surface area contributed by atoms with Crippen molar-refractivity contribution < 1.29 is 89.4 Å². The van der Waals surface area contributed by atoms with Crippen molar-refractivity contribution in [3.63, 3.8) is 0 Å². The molecule has 17 atom stereocenters. The fourth-order valence-electron chi connectivity index (χ4n) is 15.1. The number of allylic oxidation sites excluding steroid dienone is 5. The fourth-order valence-corrected chi connectivity index (χ4v) is 15.1. The van der Waals surface area contributed by atoms with Gasteiger partial charge in [-0.05, 0) is 44.9 Å². The number of carbonyl (C=O) groups is 1. The van der Waals surface area contributed by atoms with Crippen LogP contribution in [0.5, 0.6) is 0 Å². The van der Waals surface area contributed by atoms with Crippen LogP contribution in [0.1, 0.15) is 380 Å². The van der Waals surface area contributed by atoms with E-state index >= 15 is 0 Å². The van der Waals surface area contributed by atoms with Crippen molar-refractivity contribution in [2.75, 3.05) is 26.4 Å². The maximum absolute atomic E-state index is 13.5. The SMILES string of the molecule is CCCCCCCCCCCCCCCCCC/C=C/CC/C=C/CC/C=C/C(O)C(COC1OC(CO)C(OC2OC(CO)C(OC3OC(CO)C(O)C(O)C3O)C(O)C2O)C(O)C1O)NC(=O)CCCCCCCCCCCCCCCCCCCCCCCCCCCCCCCCCCCCC. The number of unbranched alkanes of at least 4 members (excludes halogenated alkanes) is 52. The average Bonchev–Trinajstić information content (AvgIpc) is 0.781. The third-order valence-electron chi connectivity index (χ3n) is 22.2. The van der Waals surface area contributed by atoms with E-state index in [2.05, 4.69) is 43.5 Å². The summed E-state index contributed by atoms with van der Waals surface area (Å²) in [7, 11) is 0. The lowest BCUT2D eigenvalue weighted by atomic mass is 9.96. The quantitative estimate of drug-likeness (QED) is 0.0199. The molecule has 3 rings (SSSR count). The van der Waals surface area contributed by atoms with Gasteiger partial charge in [0, 0.05) is 6.42 Å². The Kier molecular flexibility index (Phi) is 62.5. The molecule has 19 nitrogen and oxygen atoms in total. The Labute approximate surface area is 644 Å². The molecule has 0 aromatic carbocycles. The molecule has 0 aliphatic carbocycles. The lowest BCUT2D eigenvalue weighted by molar-refractivity contribution is -0.379. The zero-order valence-electron chi connectivity index (χ0n) is 67.2. The Morgan fingerprint density at radius 2 is 0.604 bits per heavy atom. The van der Waals surface area contributed by atoms with Crippen LogP contribution in [0.2, 0.25) is 0 Å². The van der Waals surface area contributed by atoms with Crippen LogP contribution < -0.4 is 5.32 Å². The lowest BCUT2D eigenvalue weighted by Crippen LogP contribution is -2.66. The predicted octanol–water partition coefficient (Wildman–Crippen LogP) is 16.2. The summed E-state index contributed by atoms with van der Waals surface area (Å²) >= 11 is 0. The Morgan fingerprint density at radius 3 is 0.943 bits per heavy atom. The number of aliphatic hydroxyl groups is 11. The number of carbonyl (C=O) groups excluding carboxylic acids is 1. The van der Waals surface area contributed by atoms with E-state index in [4.69, 9.17) is 28.4 Å². The topological polar surface area (TPSA) is 307 Å². The average molecular weight is 1510 g/mol. The van der Waals surface area contributed by atoms with Crippen molar-refractivity contribution in [1.29, 1.82) is 0 Å². The van der Waals surface area contributed by atoms with Gasteiger partial charge in [-0.2, -0.15) is 0 Å². The molecule has 19 heteroatoms. The molecular formula is C87H163NO18. The van der Waals surface area contributed by atoms with Crippen LogP contribution >= 0.6 is 0 Å². The van der Waals surface area contributed by atoms with E-state index in [1.807, 2.05) is 6.08 Å². The number of amides is 1. The molecule has 3 aliphatic rings. The molecule has 3 fully saturated rings. The van der Waals surface area contributed by atoms with Crippen LogP contribution in [0, 0.1) is 0 Å². The van der Waals surface area contributed by atoms with Crippen LogP contribution in [0.3, 0.4) is 0 Å². The Morgan fingerprint density at radius 1 is 0.330 bits per heavy atom. The summed E-state index contributed by atoms with van der Waals surface area (Å²) in [4.78, 5) is 13.5. The molecule has 12 N–H and O–H groups in total. The zero-order chi connectivity index (χ0) is 76.7. The molecule has 0 bridgehead atoms. The van der Waals surface area contributed by atoms with Gasteiger partial charge in [-0.15, -0.1) is 0 Å². The second kappa shape index (κ2) is 67.5. The minimum atomic E-state index is -1.98. The molecule has 0 saturated carbocycles. The van der Waals surface area contributed by atoms with Gasteiger partial charge in [0.25, 0.3) is 0 Å². The molecule has 624 valence electrons. The molecule has 0 spiro atoms. The first-order chi connectivity index (χ1) is 51.8. The van der Waals surface area contributed by atoms with Crippen molar-refractivity contribution in [1.82, 2.24) is 5.32 Å². The van der Waals surface area contributed by atoms with Crippen molar-refractivity contribution in [3.8, 4) is 0 Å². The zero-order valence-corrected chi connectivity index (χ0v) is 67.2. The van der Waals surface area contributed by atoms with Crippen molar-refractivity contribution >= 4 is 5.91 Å². The summed E-state index contributed by atoms with van der Waals surface area (Å²) < 4.78 is 34.5. The minimum Gasteiger partial charge on any atom is -0.394 e. The number of aliphatic hydroxyl groups excluding tert-OH is 11. The van der Waals surface area contributed by atoms with E-state index in [9.17, 15) is 61.0 Å². The van der Waals surface area contributed by atoms with E-state index < -0.39 is 124 Å². The minimum absolute atomic E-state index is 0.237. The standard InChI is InChI=1S/C87H163NO18/c1-3-5-7-9-11-13-15-17-19-21-23-25-27-29-31-32-33-34-35-36-37-38-39-41-43-45-47-49-51-53-55-57-59-61-63-65-75(93)88-70(71(92)64-62-60-58-56-54-52-50-48-46-44-42-40-30-28-26-24-22-20-18-16-14-12-10-8-6-4-2)69-101-85-81(99)78(96)83(73(67-90)103-85)106-87-82(100)79(97)84(74(68-91)104-87)105-86-80(98)77(95)76(94)72(66-89)102-86/h46,48,54,56,62,64,70-74,76-87,89-92,94-100H,3-45,47,49-53,55,57-61,63,65-69H2,1-2H3,(H,88,93)/b48-46+,56-54+,64-62+. The highest BCUT2D eigenvalue weighted by Gasteiger charge is 2.54. The Balaban J connectivity index is 1.34. The Hall–Kier alpha value is -1.99. The largest absolute Gasteiger partial charge is 0.394 e. The first-order valence-corrected chi connectivity index (χ1v) is 44.2. The third kappa shape index (κ3) is 46.3. The van der Waals surface area contributed by atoms with Crippen LogP contribution in [-0.2, 0) is 33.2 Å². The summed E-state index contributed by atoms with van der Waals surface area (Å²) in [6.45, 7) is 1.78. The first kappa shape index (κ1) is 98.2. The highest BCUT2D eigenvalue weighted by molar-refractivity contribution is 5.76. The second-order valence-corrected chi connectivity index (χ2v) is 31.7. The Bertz CT molecular complexity index is 2050. The molecule has 0 radical (unpaired) electrons. The monoisotopic (exact) mass is 1510 g/mol. The summed E-state index contributed by atoms with van der Waals surface area (Å²) in [6, 6.07) is -0.997. The van der Waals surface area contributed by atoms with E-state index in [0.717, 1.165) is 44.9 Å². The van der Waals surface area contributed by atoms with Gasteiger partial charge in [-0.3, -0.25) is 4.79 Å². The van der Waals surface area contributed by atoms with Gasteiger partial charge >= 0.3 is 0 Å². The smallest absolute Gasteiger partial charge is 0.220 e. The second-order valence-electron chi connectivity index (χ2n) is 31.7. The van der Waals surface area contributed by atoms with Gasteiger partial charge in [0.15, 0.2) is 18.9 Å². The van der Waals surface area contributed by atoms with Crippen LogP contribution in [0.25, 0.3) is 0 Å². The first-order valence-electron chi connectivity index (χ1n) is 44.2. The molecule has 0 aromatic rings. The van der Waals surface area contributed by atoms with Crippen LogP contribution in [0.15, 0.2) is 36.5 Å². The number of rotatable bonds is 72. The molecule has 106 heavy (non-hydrogen) atoms. The molecule has 17 unspecified atom stereocenters. The third-order valence-corrected chi connectivity index (χ3v) is 22.2. The predicted molar refractivity (Wildman–Crippen MR) is 425 cm³/mol. The van der Waals surface area contributed by atoms with E-state index in [1.165, 1.54) is 302 Å². The summed E-state index contributed by atoms with van der Waals surface area (Å²) in [5.74, 6) is -0.281. The summed E-state index contributed by atoms with van der Waals surface area (Å²) in [6.07, 6.45) is 58.8. The summed E-state index contributed by atoms with van der Waals surface area (Å²) in [5.41, 5.74) is 0. The van der Waals surface area contributed by atoms with Gasteiger partial charge in [0.1, 0.15) is 73.2 Å².